The van der Waals surface area contributed by atoms with Gasteiger partial charge in [0.25, 0.3) is 0 Å². The quantitative estimate of drug-likeness (QED) is 0.599. The molecule has 162 valence electrons. The lowest BCUT2D eigenvalue weighted by Gasteiger charge is -2.30. The first-order valence-electron chi connectivity index (χ1n) is 10.2. The molecule has 8 heteroatoms. The van der Waals surface area contributed by atoms with E-state index < -0.39 is 0 Å². The van der Waals surface area contributed by atoms with Crippen LogP contribution in [0.4, 0.5) is 5.82 Å². The maximum Gasteiger partial charge on any atom is 0.147 e. The molecule has 0 spiro atoms. The predicted molar refractivity (Wildman–Crippen MR) is 122 cm³/mol. The van der Waals surface area contributed by atoms with Crippen molar-refractivity contribution in [3.8, 4) is 6.07 Å². The number of aromatic nitrogens is 2. The van der Waals surface area contributed by atoms with E-state index in [0.29, 0.717) is 43.4 Å². The third-order valence-electron chi connectivity index (χ3n) is 5.95. The van der Waals surface area contributed by atoms with E-state index in [4.69, 9.17) is 28.3 Å². The highest BCUT2D eigenvalue weighted by Crippen LogP contribution is 2.42. The SMILES string of the molecule is CCC1(CC)CCC[C@H]1N.Cc1nc(N)c(CO)nc1Sc1cccc(C#N)c1Cl. The van der Waals surface area contributed by atoms with E-state index in [9.17, 15) is 5.11 Å². The molecule has 0 aliphatic heterocycles. The van der Waals surface area contributed by atoms with Gasteiger partial charge in [-0.05, 0) is 50.2 Å². The number of nitrogens with two attached hydrogens (primary N) is 2. The zero-order valence-corrected chi connectivity index (χ0v) is 19.4. The van der Waals surface area contributed by atoms with Gasteiger partial charge in [-0.25, -0.2) is 9.97 Å². The molecule has 3 rings (SSSR count). The second-order valence-electron chi connectivity index (χ2n) is 7.50. The lowest BCUT2D eigenvalue weighted by atomic mass is 9.78. The first-order chi connectivity index (χ1) is 14.3. The van der Waals surface area contributed by atoms with Crippen molar-refractivity contribution in [3.63, 3.8) is 0 Å². The minimum absolute atomic E-state index is 0.214. The van der Waals surface area contributed by atoms with Gasteiger partial charge in [0.15, 0.2) is 0 Å². The van der Waals surface area contributed by atoms with Crippen molar-refractivity contribution in [2.45, 2.75) is 75.4 Å². The summed E-state index contributed by atoms with van der Waals surface area (Å²) in [4.78, 5) is 9.11. The van der Waals surface area contributed by atoms with Crippen molar-refractivity contribution in [2.75, 3.05) is 5.73 Å². The van der Waals surface area contributed by atoms with Gasteiger partial charge in [-0.15, -0.1) is 0 Å². The van der Waals surface area contributed by atoms with Gasteiger partial charge in [0.1, 0.15) is 22.6 Å². The minimum atomic E-state index is -0.279. The van der Waals surface area contributed by atoms with Crippen molar-refractivity contribution in [1.82, 2.24) is 9.97 Å². The van der Waals surface area contributed by atoms with Gasteiger partial charge in [-0.1, -0.05) is 49.7 Å². The topological polar surface area (TPSA) is 122 Å². The highest BCUT2D eigenvalue weighted by atomic mass is 35.5. The van der Waals surface area contributed by atoms with E-state index in [1.807, 2.05) is 6.07 Å². The van der Waals surface area contributed by atoms with Gasteiger partial charge in [0.2, 0.25) is 0 Å². The molecule has 1 atom stereocenters. The molecule has 0 bridgehead atoms. The summed E-state index contributed by atoms with van der Waals surface area (Å²) < 4.78 is 0. The highest BCUT2D eigenvalue weighted by molar-refractivity contribution is 7.99. The number of aliphatic hydroxyl groups excluding tert-OH is 1. The number of hydrogen-bond donors (Lipinski definition) is 3. The first-order valence-corrected chi connectivity index (χ1v) is 11.4. The molecule has 1 saturated carbocycles. The Labute approximate surface area is 188 Å². The van der Waals surface area contributed by atoms with Gasteiger partial charge in [-0.2, -0.15) is 5.26 Å². The molecule has 1 aliphatic carbocycles. The molecule has 0 amide bonds. The van der Waals surface area contributed by atoms with Crippen LogP contribution in [-0.4, -0.2) is 21.1 Å². The summed E-state index contributed by atoms with van der Waals surface area (Å²) in [5.41, 5.74) is 13.6. The van der Waals surface area contributed by atoms with Gasteiger partial charge >= 0.3 is 0 Å². The van der Waals surface area contributed by atoms with Gasteiger partial charge in [-0.3, -0.25) is 0 Å². The van der Waals surface area contributed by atoms with Crippen LogP contribution >= 0.6 is 23.4 Å². The number of nitriles is 1. The van der Waals surface area contributed by atoms with Gasteiger partial charge in [0, 0.05) is 10.9 Å². The summed E-state index contributed by atoms with van der Waals surface area (Å²) in [6.07, 6.45) is 6.50. The van der Waals surface area contributed by atoms with Crippen molar-refractivity contribution in [2.24, 2.45) is 11.1 Å². The molecule has 1 fully saturated rings. The fourth-order valence-electron chi connectivity index (χ4n) is 3.84. The number of anilines is 1. The van der Waals surface area contributed by atoms with Crippen LogP contribution in [0.2, 0.25) is 5.02 Å². The number of benzene rings is 1. The van der Waals surface area contributed by atoms with Crippen LogP contribution in [0.25, 0.3) is 0 Å². The summed E-state index contributed by atoms with van der Waals surface area (Å²) in [5.74, 6) is 0.214. The van der Waals surface area contributed by atoms with Crippen LogP contribution in [0.3, 0.4) is 0 Å². The number of hydrogen-bond acceptors (Lipinski definition) is 7. The predicted octanol–water partition coefficient (Wildman–Crippen LogP) is 4.84. The summed E-state index contributed by atoms with van der Waals surface area (Å²) >= 11 is 7.44. The van der Waals surface area contributed by atoms with Crippen LogP contribution in [0.5, 0.6) is 0 Å². The molecule has 0 saturated heterocycles. The molecule has 1 aromatic heterocycles. The van der Waals surface area contributed by atoms with E-state index in [1.54, 1.807) is 25.1 Å². The number of nitrogen functional groups attached to an aromatic ring is 1. The Hall–Kier alpha value is -1.85. The Bertz CT molecular complexity index is 911. The molecule has 1 aromatic carbocycles. The molecular weight excluding hydrogens is 418 g/mol. The number of rotatable bonds is 5. The summed E-state index contributed by atoms with van der Waals surface area (Å²) in [6, 6.07) is 7.71. The Morgan fingerprint density at radius 3 is 2.53 bits per heavy atom. The zero-order chi connectivity index (χ0) is 22.3. The van der Waals surface area contributed by atoms with Crippen molar-refractivity contribution in [3.05, 3.63) is 40.2 Å². The standard InChI is InChI=1S/C13H11ClN4OS.C9H19N/c1-7-13(18-9(6-19)12(16)17-7)20-10-4-2-3-8(5-15)11(10)14;1-3-9(4-2)7-5-6-8(9)10/h2-4,19H,6H2,1H3,(H2,16,17);8H,3-7,10H2,1-2H3/t;8-/m.1/s1. The van der Waals surface area contributed by atoms with Crippen molar-refractivity contribution >= 4 is 29.2 Å². The van der Waals surface area contributed by atoms with Gasteiger partial charge in [0.05, 0.1) is 22.9 Å². The highest BCUT2D eigenvalue weighted by Gasteiger charge is 2.37. The second kappa shape index (κ2) is 11.0. The third-order valence-corrected chi connectivity index (χ3v) is 7.61. The van der Waals surface area contributed by atoms with Crippen LogP contribution in [0.1, 0.15) is 62.9 Å². The summed E-state index contributed by atoms with van der Waals surface area (Å²) in [6.45, 7) is 6.04. The van der Waals surface area contributed by atoms with Crippen LogP contribution in [0, 0.1) is 23.7 Å². The molecule has 5 N–H and O–H groups in total. The minimum Gasteiger partial charge on any atom is -0.390 e. The Morgan fingerprint density at radius 2 is 2.03 bits per heavy atom. The van der Waals surface area contributed by atoms with E-state index in [0.717, 1.165) is 0 Å². The number of nitrogens with zero attached hydrogens (tertiary/aromatic N) is 3. The van der Waals surface area contributed by atoms with Crippen molar-refractivity contribution in [1.29, 1.82) is 5.26 Å². The fraction of sp³-hybridized carbons (Fsp3) is 0.500. The lowest BCUT2D eigenvalue weighted by molar-refractivity contribution is 0.237. The molecule has 6 nitrogen and oxygen atoms in total. The molecule has 0 radical (unpaired) electrons. The fourth-order valence-corrected chi connectivity index (χ4v) is 5.03. The third kappa shape index (κ3) is 5.44. The molecule has 0 unspecified atom stereocenters. The Morgan fingerprint density at radius 1 is 1.33 bits per heavy atom. The van der Waals surface area contributed by atoms with Crippen LogP contribution in [0.15, 0.2) is 28.1 Å². The van der Waals surface area contributed by atoms with Crippen LogP contribution in [-0.2, 0) is 6.61 Å². The van der Waals surface area contributed by atoms with E-state index in [1.165, 1.54) is 43.9 Å². The Balaban J connectivity index is 0.000000269. The Kier molecular flexibility index (Phi) is 8.92. The summed E-state index contributed by atoms with van der Waals surface area (Å²) in [5, 5.41) is 19.1. The number of aliphatic hydroxyl groups is 1. The van der Waals surface area contributed by atoms with E-state index >= 15 is 0 Å². The maximum atomic E-state index is 9.18. The second-order valence-corrected chi connectivity index (χ2v) is 8.91. The number of aryl methyl sites for hydroxylation is 1. The monoisotopic (exact) mass is 447 g/mol. The molecule has 30 heavy (non-hydrogen) atoms. The normalized spacial score (nSPS) is 17.2. The molecule has 2 aromatic rings. The average Bonchev–Trinajstić information content (AvgIpc) is 3.12. The molecular formula is C22H30ClN5OS. The van der Waals surface area contributed by atoms with E-state index in [2.05, 4.69) is 23.8 Å². The van der Waals surface area contributed by atoms with Crippen LogP contribution < -0.4 is 11.5 Å². The van der Waals surface area contributed by atoms with Crippen molar-refractivity contribution < 1.29 is 5.11 Å². The first kappa shape index (κ1) is 24.4. The largest absolute Gasteiger partial charge is 0.390 e. The zero-order valence-electron chi connectivity index (χ0n) is 17.8. The van der Waals surface area contributed by atoms with Gasteiger partial charge < -0.3 is 16.6 Å². The molecule has 1 aliphatic rings. The maximum absolute atomic E-state index is 9.18. The van der Waals surface area contributed by atoms with E-state index in [-0.39, 0.29) is 12.4 Å². The number of halogens is 1. The molecule has 1 heterocycles. The average molecular weight is 448 g/mol. The smallest absolute Gasteiger partial charge is 0.147 e. The summed E-state index contributed by atoms with van der Waals surface area (Å²) in [7, 11) is 0. The lowest BCUT2D eigenvalue weighted by Crippen LogP contribution is -2.35.